The number of hydrogen-bond acceptors (Lipinski definition) is 5. The second-order valence-corrected chi connectivity index (χ2v) is 11.9. The lowest BCUT2D eigenvalue weighted by atomic mass is 9.83. The summed E-state index contributed by atoms with van der Waals surface area (Å²) >= 11 is 1.58. The number of nitrogens with zero attached hydrogens (tertiary/aromatic N) is 3. The van der Waals surface area contributed by atoms with Crippen LogP contribution >= 0.6 is 11.8 Å². The number of carbonyl (C=O) groups is 1. The summed E-state index contributed by atoms with van der Waals surface area (Å²) in [7, 11) is 0. The van der Waals surface area contributed by atoms with Crippen LogP contribution in [0, 0.1) is 0 Å². The van der Waals surface area contributed by atoms with Crippen molar-refractivity contribution in [3.8, 4) is 0 Å². The largest absolute Gasteiger partial charge is 0.344 e. The first kappa shape index (κ1) is 27.0. The number of allylic oxidation sites excluding steroid dienone is 7. The van der Waals surface area contributed by atoms with Gasteiger partial charge in [-0.2, -0.15) is 0 Å². The van der Waals surface area contributed by atoms with Crippen molar-refractivity contribution in [3.05, 3.63) is 142 Å². The summed E-state index contributed by atoms with van der Waals surface area (Å²) in [5.74, 6) is 0.00664. The van der Waals surface area contributed by atoms with Crippen molar-refractivity contribution in [2.45, 2.75) is 44.2 Å². The molecule has 3 aromatic carbocycles. The lowest BCUT2D eigenvalue weighted by Crippen LogP contribution is -2.25. The molecule has 0 unspecified atom stereocenters. The zero-order valence-electron chi connectivity index (χ0n) is 23.7. The molecule has 0 fully saturated rings. The Hall–Kier alpha value is -4.22. The number of para-hydroxylation sites is 1. The molecule has 41 heavy (non-hydrogen) atoms. The van der Waals surface area contributed by atoms with E-state index in [0.29, 0.717) is 10.7 Å². The molecule has 2 heterocycles. The summed E-state index contributed by atoms with van der Waals surface area (Å²) in [5.41, 5.74) is 6.94. The highest BCUT2D eigenvalue weighted by atomic mass is 32.2. The van der Waals surface area contributed by atoms with Gasteiger partial charge in [-0.25, -0.2) is 9.97 Å². The van der Waals surface area contributed by atoms with E-state index >= 15 is 0 Å². The number of benzene rings is 3. The molecule has 2 aliphatic rings. The normalized spacial score (nSPS) is 18.3. The molecule has 6 rings (SSSR count). The van der Waals surface area contributed by atoms with Gasteiger partial charge in [0.05, 0.1) is 0 Å². The minimum Gasteiger partial charge on any atom is -0.344 e. The van der Waals surface area contributed by atoms with Gasteiger partial charge in [0.25, 0.3) is 0 Å². The van der Waals surface area contributed by atoms with Gasteiger partial charge in [0.15, 0.2) is 10.9 Å². The van der Waals surface area contributed by atoms with Crippen LogP contribution in [0.25, 0.3) is 10.8 Å². The van der Waals surface area contributed by atoms with Crippen LogP contribution in [0.2, 0.25) is 0 Å². The van der Waals surface area contributed by atoms with Crippen LogP contribution < -0.4 is 4.90 Å². The Bertz CT molecular complexity index is 1750. The summed E-state index contributed by atoms with van der Waals surface area (Å²) in [6.45, 7) is 7.72. The van der Waals surface area contributed by atoms with E-state index in [2.05, 4.69) is 78.1 Å². The summed E-state index contributed by atoms with van der Waals surface area (Å²) in [6, 6.07) is 24.5. The molecule has 0 atom stereocenters. The second-order valence-electron chi connectivity index (χ2n) is 10.9. The number of ketones is 1. The van der Waals surface area contributed by atoms with Crippen LogP contribution in [-0.4, -0.2) is 22.3 Å². The zero-order chi connectivity index (χ0) is 28.4. The number of anilines is 1. The van der Waals surface area contributed by atoms with E-state index in [0.717, 1.165) is 40.6 Å². The van der Waals surface area contributed by atoms with Crippen LogP contribution in [0.15, 0.2) is 136 Å². The fourth-order valence-corrected chi connectivity index (χ4v) is 6.87. The van der Waals surface area contributed by atoms with Crippen molar-refractivity contribution in [1.82, 2.24) is 9.97 Å². The lowest BCUT2D eigenvalue weighted by Gasteiger charge is -2.26. The van der Waals surface area contributed by atoms with E-state index in [1.807, 2.05) is 48.5 Å². The number of hydrogen-bond donors (Lipinski definition) is 0. The average Bonchev–Trinajstić information content (AvgIpc) is 3.48. The predicted octanol–water partition coefficient (Wildman–Crippen LogP) is 8.84. The number of carbonyl (C=O) groups excluding carboxylic acids is 1. The molecular weight excluding hydrogens is 522 g/mol. The van der Waals surface area contributed by atoms with Crippen molar-refractivity contribution < 1.29 is 4.79 Å². The Morgan fingerprint density at radius 2 is 1.68 bits per heavy atom. The molecule has 0 saturated heterocycles. The summed E-state index contributed by atoms with van der Waals surface area (Å²) < 4.78 is 0. The number of rotatable bonds is 7. The molecule has 1 aliphatic heterocycles. The smallest absolute Gasteiger partial charge is 0.192 e. The highest BCUT2D eigenvalue weighted by molar-refractivity contribution is 8.03. The monoisotopic (exact) mass is 555 g/mol. The van der Waals surface area contributed by atoms with Crippen LogP contribution in [-0.2, 0) is 5.41 Å². The quantitative estimate of drug-likeness (QED) is 0.129. The second kappa shape index (κ2) is 11.3. The van der Waals surface area contributed by atoms with Gasteiger partial charge in [0, 0.05) is 46.2 Å². The van der Waals surface area contributed by atoms with Crippen molar-refractivity contribution >= 4 is 34.0 Å². The molecule has 0 bridgehead atoms. The molecule has 5 heteroatoms. The average molecular weight is 556 g/mol. The van der Waals surface area contributed by atoms with Gasteiger partial charge in [-0.05, 0) is 89.4 Å². The molecule has 4 nitrogen and oxygen atoms in total. The van der Waals surface area contributed by atoms with E-state index in [1.54, 1.807) is 30.2 Å². The van der Waals surface area contributed by atoms with Gasteiger partial charge in [-0.3, -0.25) is 4.79 Å². The molecule has 1 aromatic heterocycles. The van der Waals surface area contributed by atoms with Crippen molar-refractivity contribution in [2.24, 2.45) is 0 Å². The molecule has 0 amide bonds. The summed E-state index contributed by atoms with van der Waals surface area (Å²) in [5, 5.41) is 2.91. The molecule has 0 spiro atoms. The highest BCUT2D eigenvalue weighted by Gasteiger charge is 2.38. The number of likely N-dealkylation sites (N-methyl/N-ethyl adjacent to an activating group) is 1. The van der Waals surface area contributed by atoms with Crippen LogP contribution in [0.1, 0.15) is 49.5 Å². The molecule has 0 radical (unpaired) electrons. The standard InChI is InChI=1S/C36H33N3OS/c1-4-39-31-13-8-7-12-30(31)36(2,3)33(39)21-19-27-16-15-26(34(27)41-35-37-22-9-23-38-35)18-20-32(40)29-17-14-25-10-5-6-11-28(25)24-29/h5-14,17-24H,4,15-16H2,1-3H3/b20-18+,27-19+,33-21+. The van der Waals surface area contributed by atoms with E-state index < -0.39 is 0 Å². The molecule has 204 valence electrons. The zero-order valence-corrected chi connectivity index (χ0v) is 24.5. The van der Waals surface area contributed by atoms with Gasteiger partial charge in [-0.1, -0.05) is 80.6 Å². The maximum atomic E-state index is 13.2. The Kier molecular flexibility index (Phi) is 7.46. The first-order chi connectivity index (χ1) is 20.0. The van der Waals surface area contributed by atoms with Gasteiger partial charge in [0.2, 0.25) is 0 Å². The van der Waals surface area contributed by atoms with Gasteiger partial charge in [0.1, 0.15) is 0 Å². The van der Waals surface area contributed by atoms with E-state index in [-0.39, 0.29) is 11.2 Å². The Balaban J connectivity index is 1.34. The van der Waals surface area contributed by atoms with E-state index in [1.165, 1.54) is 22.5 Å². The fraction of sp³-hybridized carbons (Fsp3) is 0.194. The third-order valence-corrected chi connectivity index (χ3v) is 9.13. The lowest BCUT2D eigenvalue weighted by molar-refractivity contribution is 0.104. The van der Waals surface area contributed by atoms with Gasteiger partial charge >= 0.3 is 0 Å². The predicted molar refractivity (Wildman–Crippen MR) is 170 cm³/mol. The SMILES string of the molecule is CCN1/C(=C/C=C2\CCC(/C=C/C(=O)c3ccc4ccccc4c3)=C2Sc2ncccn2)C(C)(C)c2ccccc21. The minimum atomic E-state index is -0.0865. The third kappa shape index (κ3) is 5.30. The Labute approximate surface area is 246 Å². The number of thioether (sulfide) groups is 1. The molecule has 0 N–H and O–H groups in total. The molecule has 4 aromatic rings. The third-order valence-electron chi connectivity index (χ3n) is 8.01. The van der Waals surface area contributed by atoms with Crippen molar-refractivity contribution in [2.75, 3.05) is 11.4 Å². The first-order valence-corrected chi connectivity index (χ1v) is 15.0. The van der Waals surface area contributed by atoms with E-state index in [4.69, 9.17) is 0 Å². The van der Waals surface area contributed by atoms with Crippen LogP contribution in [0.5, 0.6) is 0 Å². The molecule has 0 saturated carbocycles. The van der Waals surface area contributed by atoms with Crippen LogP contribution in [0.4, 0.5) is 5.69 Å². The van der Waals surface area contributed by atoms with Crippen molar-refractivity contribution in [1.29, 1.82) is 0 Å². The minimum absolute atomic E-state index is 0.00664. The van der Waals surface area contributed by atoms with E-state index in [9.17, 15) is 4.79 Å². The van der Waals surface area contributed by atoms with Crippen LogP contribution in [0.3, 0.4) is 0 Å². The first-order valence-electron chi connectivity index (χ1n) is 14.1. The number of fused-ring (bicyclic) bond motifs is 2. The Morgan fingerprint density at radius 1 is 0.927 bits per heavy atom. The summed E-state index contributed by atoms with van der Waals surface area (Å²) in [6.07, 6.45) is 13.6. The van der Waals surface area contributed by atoms with Gasteiger partial charge in [-0.15, -0.1) is 0 Å². The van der Waals surface area contributed by atoms with Crippen molar-refractivity contribution in [3.63, 3.8) is 0 Å². The number of aromatic nitrogens is 2. The molecule has 1 aliphatic carbocycles. The topological polar surface area (TPSA) is 46.1 Å². The maximum absolute atomic E-state index is 13.2. The highest BCUT2D eigenvalue weighted by Crippen LogP contribution is 2.48. The Morgan fingerprint density at radius 3 is 2.49 bits per heavy atom. The maximum Gasteiger partial charge on any atom is 0.192 e. The van der Waals surface area contributed by atoms with Gasteiger partial charge < -0.3 is 4.90 Å². The fourth-order valence-electron chi connectivity index (χ4n) is 5.86. The molecular formula is C36H33N3OS. The summed E-state index contributed by atoms with van der Waals surface area (Å²) in [4.78, 5) is 25.7.